The maximum Gasteiger partial charge on any atom is 0.418 e. The van der Waals surface area contributed by atoms with Crippen LogP contribution in [0.5, 0.6) is 5.75 Å². The molecule has 11 heteroatoms. The zero-order chi connectivity index (χ0) is 24.9. The van der Waals surface area contributed by atoms with E-state index in [0.29, 0.717) is 5.56 Å². The van der Waals surface area contributed by atoms with Gasteiger partial charge in [0.1, 0.15) is 5.75 Å². The van der Waals surface area contributed by atoms with E-state index >= 15 is 0 Å². The number of carbonyl (C=O) groups is 1. The fraction of sp³-hybridized carbons (Fsp3) is 0.174. The second-order valence-corrected chi connectivity index (χ2v) is 9.49. The summed E-state index contributed by atoms with van der Waals surface area (Å²) in [4.78, 5) is 12.5. The molecule has 3 rings (SSSR count). The minimum atomic E-state index is -4.69. The summed E-state index contributed by atoms with van der Waals surface area (Å²) in [5.41, 5.74) is -0.929. The fourth-order valence-electron chi connectivity index (χ4n) is 3.16. The van der Waals surface area contributed by atoms with E-state index in [1.54, 1.807) is 30.3 Å². The molecule has 0 saturated carbocycles. The SMILES string of the molecule is COc1ccc(S(=O)(=O)N(CC(=O)Nc2ccccc2C(F)(F)F)Cc2ccccc2)cc1Cl. The van der Waals surface area contributed by atoms with Gasteiger partial charge in [-0.1, -0.05) is 54.1 Å². The third-order valence-corrected chi connectivity index (χ3v) is 6.87. The molecule has 0 saturated heterocycles. The van der Waals surface area contributed by atoms with Crippen LogP contribution in [0.3, 0.4) is 0 Å². The van der Waals surface area contributed by atoms with Crippen molar-refractivity contribution in [1.82, 2.24) is 4.31 Å². The molecule has 0 radical (unpaired) electrons. The average molecular weight is 513 g/mol. The second kappa shape index (κ2) is 10.5. The van der Waals surface area contributed by atoms with Gasteiger partial charge in [-0.05, 0) is 35.9 Å². The molecule has 0 bridgehead atoms. The maximum absolute atomic E-state index is 13.4. The van der Waals surface area contributed by atoms with E-state index in [2.05, 4.69) is 5.32 Å². The van der Waals surface area contributed by atoms with Crippen LogP contribution in [0.15, 0.2) is 77.7 Å². The quantitative estimate of drug-likeness (QED) is 0.450. The third-order valence-electron chi connectivity index (χ3n) is 4.79. The first kappa shape index (κ1) is 25.5. The lowest BCUT2D eigenvalue weighted by Gasteiger charge is -2.23. The van der Waals surface area contributed by atoms with Crippen LogP contribution < -0.4 is 10.1 Å². The van der Waals surface area contributed by atoms with Crippen molar-refractivity contribution in [2.45, 2.75) is 17.6 Å². The standard InChI is InChI=1S/C23H20ClF3N2O4S/c1-33-21-12-11-17(13-19(21)24)34(31,32)29(14-16-7-3-2-4-8-16)15-22(30)28-20-10-6-5-9-18(20)23(25,26)27/h2-13H,14-15H2,1H3,(H,28,30). The summed E-state index contributed by atoms with van der Waals surface area (Å²) in [7, 11) is -2.89. The number of para-hydroxylation sites is 1. The topological polar surface area (TPSA) is 75.7 Å². The molecule has 3 aromatic rings. The normalized spacial score (nSPS) is 11.9. The van der Waals surface area contributed by atoms with E-state index in [9.17, 15) is 26.4 Å². The third kappa shape index (κ3) is 6.07. The Labute approximate surface area is 200 Å². The fourth-order valence-corrected chi connectivity index (χ4v) is 4.89. The summed E-state index contributed by atoms with van der Waals surface area (Å²) in [6, 6.07) is 16.8. The van der Waals surface area contributed by atoms with Gasteiger partial charge in [0.15, 0.2) is 0 Å². The van der Waals surface area contributed by atoms with E-state index in [-0.39, 0.29) is 22.2 Å². The predicted octanol–water partition coefficient (Wildman–Crippen LogP) is 5.20. The number of hydrogen-bond acceptors (Lipinski definition) is 4. The Bertz CT molecular complexity index is 1270. The van der Waals surface area contributed by atoms with Gasteiger partial charge >= 0.3 is 6.18 Å². The molecule has 0 aromatic heterocycles. The molecular formula is C23H20ClF3N2O4S. The lowest BCUT2D eigenvalue weighted by Crippen LogP contribution is -2.37. The largest absolute Gasteiger partial charge is 0.495 e. The van der Waals surface area contributed by atoms with E-state index in [1.807, 2.05) is 0 Å². The van der Waals surface area contributed by atoms with Gasteiger partial charge in [-0.3, -0.25) is 4.79 Å². The molecular weight excluding hydrogens is 493 g/mol. The first-order chi connectivity index (χ1) is 16.0. The molecule has 1 N–H and O–H groups in total. The van der Waals surface area contributed by atoms with E-state index in [4.69, 9.17) is 16.3 Å². The van der Waals surface area contributed by atoms with Gasteiger partial charge in [-0.2, -0.15) is 17.5 Å². The molecule has 0 aliphatic carbocycles. The number of alkyl halides is 3. The number of halogens is 4. The van der Waals surface area contributed by atoms with Crippen LogP contribution in [-0.2, 0) is 27.5 Å². The van der Waals surface area contributed by atoms with Gasteiger partial charge in [0.25, 0.3) is 0 Å². The second-order valence-electron chi connectivity index (χ2n) is 7.15. The Morgan fingerprint density at radius 3 is 2.29 bits per heavy atom. The molecule has 0 unspecified atom stereocenters. The molecule has 0 atom stereocenters. The molecule has 1 amide bonds. The van der Waals surface area contributed by atoms with Crippen molar-refractivity contribution in [1.29, 1.82) is 0 Å². The summed E-state index contributed by atoms with van der Waals surface area (Å²) < 4.78 is 72.5. The highest BCUT2D eigenvalue weighted by atomic mass is 35.5. The Balaban J connectivity index is 1.93. The molecule has 0 aliphatic heterocycles. The van der Waals surface area contributed by atoms with Gasteiger partial charge in [0.05, 0.1) is 34.8 Å². The highest BCUT2D eigenvalue weighted by Gasteiger charge is 2.34. The highest BCUT2D eigenvalue weighted by molar-refractivity contribution is 7.89. The molecule has 0 spiro atoms. The number of ether oxygens (including phenoxy) is 1. The first-order valence-electron chi connectivity index (χ1n) is 9.86. The van der Waals surface area contributed by atoms with Crippen LogP contribution in [0.25, 0.3) is 0 Å². The lowest BCUT2D eigenvalue weighted by atomic mass is 10.1. The average Bonchev–Trinajstić information content (AvgIpc) is 2.79. The number of rotatable bonds is 8. The smallest absolute Gasteiger partial charge is 0.418 e. The van der Waals surface area contributed by atoms with Gasteiger partial charge in [0, 0.05) is 6.54 Å². The number of amides is 1. The molecule has 34 heavy (non-hydrogen) atoms. The Morgan fingerprint density at radius 1 is 1.03 bits per heavy atom. The summed E-state index contributed by atoms with van der Waals surface area (Å²) >= 11 is 6.08. The van der Waals surface area contributed by atoms with Crippen LogP contribution in [-0.4, -0.2) is 32.3 Å². The minimum absolute atomic E-state index is 0.0480. The van der Waals surface area contributed by atoms with Gasteiger partial charge < -0.3 is 10.1 Å². The van der Waals surface area contributed by atoms with Crippen molar-refractivity contribution in [3.05, 3.63) is 88.9 Å². The van der Waals surface area contributed by atoms with E-state index in [1.165, 1.54) is 37.4 Å². The Hall–Kier alpha value is -3.08. The molecule has 0 fully saturated rings. The number of methoxy groups -OCH3 is 1. The number of anilines is 1. The van der Waals surface area contributed by atoms with Crippen molar-refractivity contribution in [2.75, 3.05) is 19.0 Å². The highest BCUT2D eigenvalue weighted by Crippen LogP contribution is 2.34. The Morgan fingerprint density at radius 2 is 1.68 bits per heavy atom. The molecule has 6 nitrogen and oxygen atoms in total. The molecule has 3 aromatic carbocycles. The van der Waals surface area contributed by atoms with E-state index < -0.39 is 39.9 Å². The number of nitrogens with one attached hydrogen (secondary N) is 1. The number of benzene rings is 3. The van der Waals surface area contributed by atoms with Crippen LogP contribution in [0.1, 0.15) is 11.1 Å². The van der Waals surface area contributed by atoms with Crippen molar-refractivity contribution < 1.29 is 31.1 Å². The van der Waals surface area contributed by atoms with Gasteiger partial charge in [0.2, 0.25) is 15.9 Å². The number of nitrogens with zero attached hydrogens (tertiary/aromatic N) is 1. The van der Waals surface area contributed by atoms with Crippen molar-refractivity contribution in [3.8, 4) is 5.75 Å². The van der Waals surface area contributed by atoms with Crippen molar-refractivity contribution >= 4 is 33.2 Å². The molecule has 0 aliphatic rings. The first-order valence-corrected chi connectivity index (χ1v) is 11.7. The van der Waals surface area contributed by atoms with Gasteiger partial charge in [-0.25, -0.2) is 8.42 Å². The summed E-state index contributed by atoms with van der Waals surface area (Å²) in [5.74, 6) is -0.674. The van der Waals surface area contributed by atoms with Crippen LogP contribution in [0.2, 0.25) is 5.02 Å². The van der Waals surface area contributed by atoms with Crippen molar-refractivity contribution in [2.24, 2.45) is 0 Å². The van der Waals surface area contributed by atoms with Crippen LogP contribution in [0.4, 0.5) is 18.9 Å². The minimum Gasteiger partial charge on any atom is -0.495 e. The summed E-state index contributed by atoms with van der Waals surface area (Å²) in [5, 5.41) is 2.22. The number of sulfonamides is 1. The monoisotopic (exact) mass is 512 g/mol. The van der Waals surface area contributed by atoms with Crippen LogP contribution >= 0.6 is 11.6 Å². The van der Waals surface area contributed by atoms with Gasteiger partial charge in [-0.15, -0.1) is 0 Å². The number of hydrogen-bond donors (Lipinski definition) is 1. The summed E-state index contributed by atoms with van der Waals surface area (Å²) in [6.07, 6.45) is -4.69. The van der Waals surface area contributed by atoms with Crippen molar-refractivity contribution in [3.63, 3.8) is 0 Å². The summed E-state index contributed by atoms with van der Waals surface area (Å²) in [6.45, 7) is -0.922. The maximum atomic E-state index is 13.4. The zero-order valence-electron chi connectivity index (χ0n) is 17.8. The zero-order valence-corrected chi connectivity index (χ0v) is 19.4. The number of carbonyl (C=O) groups excluding carboxylic acids is 1. The Kier molecular flexibility index (Phi) is 7.86. The molecule has 180 valence electrons. The van der Waals surface area contributed by atoms with E-state index in [0.717, 1.165) is 16.4 Å². The predicted molar refractivity (Wildman–Crippen MR) is 122 cm³/mol. The molecule has 0 heterocycles. The lowest BCUT2D eigenvalue weighted by molar-refractivity contribution is -0.137. The van der Waals surface area contributed by atoms with Crippen LogP contribution in [0, 0.1) is 0 Å².